The van der Waals surface area contributed by atoms with Crippen molar-refractivity contribution < 1.29 is 13.6 Å². The molecule has 0 aliphatic rings. The van der Waals surface area contributed by atoms with E-state index in [0.29, 0.717) is 0 Å². The Bertz CT molecular complexity index is 274. The van der Waals surface area contributed by atoms with Gasteiger partial charge in [0.15, 0.2) is 0 Å². The van der Waals surface area contributed by atoms with Crippen molar-refractivity contribution in [2.24, 2.45) is 10.9 Å². The summed E-state index contributed by atoms with van der Waals surface area (Å²) in [4.78, 5) is 0. The summed E-state index contributed by atoms with van der Waals surface area (Å²) in [5, 5.41) is 10.9. The van der Waals surface area contributed by atoms with E-state index in [1.54, 1.807) is 0 Å². The number of amidine groups is 1. The van der Waals surface area contributed by atoms with E-state index in [-0.39, 0.29) is 18.8 Å². The molecule has 0 aromatic carbocycles. The molecule has 0 radical (unpaired) electrons. The van der Waals surface area contributed by atoms with Crippen LogP contribution in [0.4, 0.5) is 0 Å². The van der Waals surface area contributed by atoms with Crippen LogP contribution < -0.4 is 10.5 Å². The SMILES string of the molecule is CNS(=O)(=O)N(C)CCC(N)=NO. The lowest BCUT2D eigenvalue weighted by Crippen LogP contribution is -2.37. The molecule has 78 valence electrons. The molecule has 0 fully saturated rings. The van der Waals surface area contributed by atoms with Crippen molar-refractivity contribution in [1.82, 2.24) is 9.03 Å². The lowest BCUT2D eigenvalue weighted by molar-refractivity contribution is 0.316. The molecule has 7 nitrogen and oxygen atoms in total. The van der Waals surface area contributed by atoms with Gasteiger partial charge in [-0.15, -0.1) is 0 Å². The predicted molar refractivity (Wildman–Crippen MR) is 48.6 cm³/mol. The maximum atomic E-state index is 11.1. The van der Waals surface area contributed by atoms with E-state index in [1.165, 1.54) is 14.1 Å². The fourth-order valence-electron chi connectivity index (χ4n) is 0.598. The van der Waals surface area contributed by atoms with Crippen molar-refractivity contribution in [3.8, 4) is 0 Å². The molecule has 0 spiro atoms. The highest BCUT2D eigenvalue weighted by atomic mass is 32.2. The lowest BCUT2D eigenvalue weighted by Gasteiger charge is -2.14. The normalized spacial score (nSPS) is 13.6. The molecule has 8 heteroatoms. The highest BCUT2D eigenvalue weighted by Crippen LogP contribution is 1.94. The van der Waals surface area contributed by atoms with Gasteiger partial charge in [-0.05, 0) is 0 Å². The first-order valence-corrected chi connectivity index (χ1v) is 4.99. The second-order valence-electron chi connectivity index (χ2n) is 2.37. The first kappa shape index (κ1) is 12.1. The third-order valence-corrected chi connectivity index (χ3v) is 3.00. The van der Waals surface area contributed by atoms with Gasteiger partial charge in [-0.1, -0.05) is 5.16 Å². The Hall–Kier alpha value is -0.860. The van der Waals surface area contributed by atoms with Crippen LogP contribution in [0.3, 0.4) is 0 Å². The number of oxime groups is 1. The minimum atomic E-state index is -3.41. The Labute approximate surface area is 77.4 Å². The molecule has 0 atom stereocenters. The van der Waals surface area contributed by atoms with E-state index in [9.17, 15) is 8.42 Å². The molecule has 13 heavy (non-hydrogen) atoms. The number of nitrogens with zero attached hydrogens (tertiary/aromatic N) is 2. The Morgan fingerprint density at radius 2 is 2.23 bits per heavy atom. The third-order valence-electron chi connectivity index (χ3n) is 1.48. The molecule has 0 heterocycles. The van der Waals surface area contributed by atoms with Gasteiger partial charge in [0.2, 0.25) is 0 Å². The fourth-order valence-corrected chi connectivity index (χ4v) is 1.24. The van der Waals surface area contributed by atoms with E-state index in [4.69, 9.17) is 10.9 Å². The molecule has 0 saturated heterocycles. The zero-order chi connectivity index (χ0) is 10.5. The van der Waals surface area contributed by atoms with Crippen LogP contribution in [0.5, 0.6) is 0 Å². The van der Waals surface area contributed by atoms with Gasteiger partial charge < -0.3 is 10.9 Å². The Morgan fingerprint density at radius 3 is 2.62 bits per heavy atom. The van der Waals surface area contributed by atoms with Crippen molar-refractivity contribution in [2.45, 2.75) is 6.42 Å². The first-order chi connectivity index (χ1) is 5.94. The molecule has 0 amide bonds. The van der Waals surface area contributed by atoms with Crippen LogP contribution >= 0.6 is 0 Å². The summed E-state index contributed by atoms with van der Waals surface area (Å²) >= 11 is 0. The Balaban J connectivity index is 4.10. The summed E-state index contributed by atoms with van der Waals surface area (Å²) in [5.41, 5.74) is 5.16. The van der Waals surface area contributed by atoms with Crippen LogP contribution in [0.15, 0.2) is 5.16 Å². The standard InChI is InChI=1S/C5H14N4O3S/c1-7-13(11,12)9(2)4-3-5(6)8-10/h7,10H,3-4H2,1-2H3,(H2,6,8). The smallest absolute Gasteiger partial charge is 0.278 e. The van der Waals surface area contributed by atoms with Crippen LogP contribution in [0.1, 0.15) is 6.42 Å². The zero-order valence-electron chi connectivity index (χ0n) is 7.56. The van der Waals surface area contributed by atoms with E-state index in [0.717, 1.165) is 4.31 Å². The van der Waals surface area contributed by atoms with E-state index in [2.05, 4.69) is 9.88 Å². The van der Waals surface area contributed by atoms with Gasteiger partial charge in [-0.2, -0.15) is 12.7 Å². The van der Waals surface area contributed by atoms with E-state index >= 15 is 0 Å². The van der Waals surface area contributed by atoms with Crippen molar-refractivity contribution in [2.75, 3.05) is 20.6 Å². The molecule has 0 saturated carbocycles. The summed E-state index contributed by atoms with van der Waals surface area (Å²) in [6.45, 7) is 0.166. The quantitative estimate of drug-likeness (QED) is 0.222. The average molecular weight is 210 g/mol. The number of rotatable bonds is 5. The van der Waals surface area contributed by atoms with Gasteiger partial charge in [0.05, 0.1) is 0 Å². The van der Waals surface area contributed by atoms with Crippen LogP contribution in [0.2, 0.25) is 0 Å². The van der Waals surface area contributed by atoms with E-state index in [1.807, 2.05) is 0 Å². The Kier molecular flexibility index (Phi) is 4.67. The summed E-state index contributed by atoms with van der Waals surface area (Å²) in [5.74, 6) is -0.00171. The molecule has 0 aliphatic carbocycles. The first-order valence-electron chi connectivity index (χ1n) is 3.55. The summed E-state index contributed by atoms with van der Waals surface area (Å²) in [6.07, 6.45) is 0.188. The monoisotopic (exact) mass is 210 g/mol. The second kappa shape index (κ2) is 5.00. The molecule has 0 bridgehead atoms. The van der Waals surface area contributed by atoms with Crippen molar-refractivity contribution in [3.05, 3.63) is 0 Å². The van der Waals surface area contributed by atoms with Gasteiger partial charge in [0.1, 0.15) is 5.84 Å². The summed E-state index contributed by atoms with van der Waals surface area (Å²) in [7, 11) is -0.697. The van der Waals surface area contributed by atoms with Crippen LogP contribution in [-0.4, -0.2) is 44.4 Å². The minimum absolute atomic E-state index is 0.00171. The summed E-state index contributed by atoms with van der Waals surface area (Å²) < 4.78 is 25.4. The molecular formula is C5H14N4O3S. The van der Waals surface area contributed by atoms with Crippen LogP contribution in [-0.2, 0) is 10.2 Å². The number of hydrogen-bond acceptors (Lipinski definition) is 4. The van der Waals surface area contributed by atoms with Gasteiger partial charge in [0.25, 0.3) is 10.2 Å². The molecule has 0 aromatic rings. The van der Waals surface area contributed by atoms with Crippen LogP contribution in [0, 0.1) is 0 Å². The molecule has 0 aromatic heterocycles. The molecule has 0 unspecified atom stereocenters. The second-order valence-corrected chi connectivity index (χ2v) is 4.35. The Morgan fingerprint density at radius 1 is 1.69 bits per heavy atom. The lowest BCUT2D eigenvalue weighted by atomic mass is 10.4. The largest absolute Gasteiger partial charge is 0.409 e. The van der Waals surface area contributed by atoms with Gasteiger partial charge in [-0.25, -0.2) is 4.72 Å². The number of nitrogens with one attached hydrogen (secondary N) is 1. The fraction of sp³-hybridized carbons (Fsp3) is 0.800. The number of hydrogen-bond donors (Lipinski definition) is 3. The highest BCUT2D eigenvalue weighted by Gasteiger charge is 2.14. The maximum Gasteiger partial charge on any atom is 0.278 e. The maximum absolute atomic E-state index is 11.1. The summed E-state index contributed by atoms with van der Waals surface area (Å²) in [6, 6.07) is 0. The van der Waals surface area contributed by atoms with Crippen LogP contribution in [0.25, 0.3) is 0 Å². The van der Waals surface area contributed by atoms with Crippen molar-refractivity contribution in [1.29, 1.82) is 0 Å². The van der Waals surface area contributed by atoms with Crippen molar-refractivity contribution in [3.63, 3.8) is 0 Å². The third kappa shape index (κ3) is 4.06. The molecular weight excluding hydrogens is 196 g/mol. The predicted octanol–water partition coefficient (Wildman–Crippen LogP) is -1.48. The van der Waals surface area contributed by atoms with Crippen molar-refractivity contribution >= 4 is 16.0 Å². The molecule has 0 aliphatic heterocycles. The van der Waals surface area contributed by atoms with Gasteiger partial charge >= 0.3 is 0 Å². The average Bonchev–Trinajstić information content (AvgIpc) is 2.13. The topological polar surface area (TPSA) is 108 Å². The molecule has 0 rings (SSSR count). The minimum Gasteiger partial charge on any atom is -0.409 e. The van der Waals surface area contributed by atoms with Gasteiger partial charge in [0, 0.05) is 27.1 Å². The van der Waals surface area contributed by atoms with Gasteiger partial charge in [-0.3, -0.25) is 0 Å². The molecule has 4 N–H and O–H groups in total. The zero-order valence-corrected chi connectivity index (χ0v) is 8.37. The number of nitrogens with two attached hydrogens (primary N) is 1. The highest BCUT2D eigenvalue weighted by molar-refractivity contribution is 7.87. The van der Waals surface area contributed by atoms with E-state index < -0.39 is 10.2 Å².